The molecular weight excluding hydrogens is 359 g/mol. The maximum Gasteiger partial charge on any atom is 0.417 e. The first-order valence-electron chi connectivity index (χ1n) is 6.47. The number of carboxylic acids is 1. The standard InChI is InChI=1S/C13H15ClF3NO4S/c1-7(2)6-10(12(19)20)18-23(21,22)11-8(13(15,16)17)4-3-5-9(11)14/h3-5,7,10,18H,6H2,1-2H3,(H,19,20). The van der Waals surface area contributed by atoms with E-state index in [1.807, 2.05) is 0 Å². The number of carbonyl (C=O) groups is 1. The molecule has 130 valence electrons. The molecule has 1 rings (SSSR count). The Morgan fingerprint density at radius 1 is 1.35 bits per heavy atom. The summed E-state index contributed by atoms with van der Waals surface area (Å²) in [4.78, 5) is 9.95. The van der Waals surface area contributed by atoms with Crippen LogP contribution in [0.3, 0.4) is 0 Å². The highest BCUT2D eigenvalue weighted by Gasteiger charge is 2.39. The summed E-state index contributed by atoms with van der Waals surface area (Å²) in [6.45, 7) is 3.31. The Bertz CT molecular complexity index is 689. The quantitative estimate of drug-likeness (QED) is 0.802. The molecule has 0 spiro atoms. The summed E-state index contributed by atoms with van der Waals surface area (Å²) in [5.74, 6) is -1.67. The predicted molar refractivity (Wildman–Crippen MR) is 77.7 cm³/mol. The third-order valence-corrected chi connectivity index (χ3v) is 4.84. The second-order valence-corrected chi connectivity index (χ2v) is 7.31. The molecule has 0 saturated carbocycles. The van der Waals surface area contributed by atoms with E-state index in [0.717, 1.165) is 12.1 Å². The average Bonchev–Trinajstić information content (AvgIpc) is 2.35. The Morgan fingerprint density at radius 2 is 1.91 bits per heavy atom. The van der Waals surface area contributed by atoms with Crippen molar-refractivity contribution in [3.05, 3.63) is 28.8 Å². The third-order valence-electron chi connectivity index (χ3n) is 2.84. The van der Waals surface area contributed by atoms with Crippen molar-refractivity contribution in [2.75, 3.05) is 0 Å². The van der Waals surface area contributed by atoms with Crippen LogP contribution in [0, 0.1) is 5.92 Å². The lowest BCUT2D eigenvalue weighted by Crippen LogP contribution is -2.42. The van der Waals surface area contributed by atoms with Gasteiger partial charge in [0.1, 0.15) is 10.9 Å². The molecule has 0 aliphatic heterocycles. The third kappa shape index (κ3) is 5.08. The van der Waals surface area contributed by atoms with Crippen LogP contribution in [0.15, 0.2) is 23.1 Å². The molecule has 23 heavy (non-hydrogen) atoms. The van der Waals surface area contributed by atoms with Crippen molar-refractivity contribution in [3.8, 4) is 0 Å². The molecule has 0 heterocycles. The van der Waals surface area contributed by atoms with Gasteiger partial charge in [-0.25, -0.2) is 8.42 Å². The van der Waals surface area contributed by atoms with E-state index in [1.54, 1.807) is 18.6 Å². The monoisotopic (exact) mass is 373 g/mol. The normalized spacial score (nSPS) is 14.0. The Morgan fingerprint density at radius 3 is 2.35 bits per heavy atom. The lowest BCUT2D eigenvalue weighted by Gasteiger charge is -2.19. The predicted octanol–water partition coefficient (Wildman–Crippen LogP) is 3.14. The highest BCUT2D eigenvalue weighted by molar-refractivity contribution is 7.89. The molecule has 1 atom stereocenters. The van der Waals surface area contributed by atoms with Gasteiger partial charge in [-0.2, -0.15) is 17.9 Å². The lowest BCUT2D eigenvalue weighted by molar-refractivity contribution is -0.140. The highest BCUT2D eigenvalue weighted by atomic mass is 35.5. The Labute approximate surface area is 136 Å². The summed E-state index contributed by atoms with van der Waals surface area (Å²) in [7, 11) is -4.78. The van der Waals surface area contributed by atoms with Crippen LogP contribution in [0.5, 0.6) is 0 Å². The first kappa shape index (κ1) is 19.7. The van der Waals surface area contributed by atoms with Crippen molar-refractivity contribution in [2.45, 2.75) is 37.4 Å². The Hall–Kier alpha value is -1.32. The maximum atomic E-state index is 13.0. The number of hydrogen-bond donors (Lipinski definition) is 2. The zero-order valence-corrected chi connectivity index (χ0v) is 13.8. The fraction of sp³-hybridized carbons (Fsp3) is 0.462. The largest absolute Gasteiger partial charge is 0.480 e. The van der Waals surface area contributed by atoms with Gasteiger partial charge < -0.3 is 5.11 Å². The molecule has 0 fully saturated rings. The van der Waals surface area contributed by atoms with Crippen LogP contribution in [0.1, 0.15) is 25.8 Å². The molecule has 10 heteroatoms. The van der Waals surface area contributed by atoms with Crippen molar-refractivity contribution in [1.82, 2.24) is 4.72 Å². The van der Waals surface area contributed by atoms with Crippen LogP contribution in [0.25, 0.3) is 0 Å². The van der Waals surface area contributed by atoms with Gasteiger partial charge in [-0.3, -0.25) is 4.79 Å². The zero-order chi connectivity index (χ0) is 18.0. The Balaban J connectivity index is 3.36. The van der Waals surface area contributed by atoms with Crippen molar-refractivity contribution in [2.24, 2.45) is 5.92 Å². The molecule has 0 radical (unpaired) electrons. The Kier molecular flexibility index (Phi) is 6.06. The number of halogens is 4. The van der Waals surface area contributed by atoms with Crippen LogP contribution >= 0.6 is 11.6 Å². The number of rotatable bonds is 6. The summed E-state index contributed by atoms with van der Waals surface area (Å²) in [5, 5.41) is 8.41. The summed E-state index contributed by atoms with van der Waals surface area (Å²) < 4.78 is 65.3. The first-order chi connectivity index (χ1) is 10.4. The van der Waals surface area contributed by atoms with Crippen LogP contribution in [-0.2, 0) is 21.0 Å². The van der Waals surface area contributed by atoms with E-state index in [-0.39, 0.29) is 12.3 Å². The highest BCUT2D eigenvalue weighted by Crippen LogP contribution is 2.37. The second-order valence-electron chi connectivity index (χ2n) is 5.26. The van der Waals surface area contributed by atoms with Crippen LogP contribution in [0.2, 0.25) is 5.02 Å². The maximum absolute atomic E-state index is 13.0. The van der Waals surface area contributed by atoms with Crippen LogP contribution < -0.4 is 4.72 Å². The van der Waals surface area contributed by atoms with Gasteiger partial charge in [-0.1, -0.05) is 31.5 Å². The number of nitrogens with one attached hydrogen (secondary N) is 1. The molecule has 0 aromatic heterocycles. The van der Waals surface area contributed by atoms with Gasteiger partial charge in [0.25, 0.3) is 0 Å². The lowest BCUT2D eigenvalue weighted by atomic mass is 10.1. The second kappa shape index (κ2) is 7.06. The number of benzene rings is 1. The smallest absolute Gasteiger partial charge is 0.417 e. The molecule has 5 nitrogen and oxygen atoms in total. The fourth-order valence-corrected chi connectivity index (χ4v) is 3.89. The first-order valence-corrected chi connectivity index (χ1v) is 8.33. The minimum Gasteiger partial charge on any atom is -0.480 e. The summed E-state index contributed by atoms with van der Waals surface area (Å²) >= 11 is 5.62. The van der Waals surface area contributed by atoms with Gasteiger partial charge in [0.2, 0.25) is 10.0 Å². The number of hydrogen-bond acceptors (Lipinski definition) is 3. The molecule has 0 aliphatic rings. The van der Waals surface area contributed by atoms with E-state index in [0.29, 0.717) is 6.07 Å². The van der Waals surface area contributed by atoms with Gasteiger partial charge in [0.15, 0.2) is 0 Å². The SMILES string of the molecule is CC(C)CC(NS(=O)(=O)c1c(Cl)cccc1C(F)(F)F)C(=O)O. The minimum atomic E-state index is -4.95. The van der Waals surface area contributed by atoms with E-state index in [2.05, 4.69) is 0 Å². The molecule has 1 unspecified atom stereocenters. The molecule has 0 amide bonds. The summed E-state index contributed by atoms with van der Waals surface area (Å²) in [6.07, 6.45) is -5.04. The molecule has 1 aromatic carbocycles. The van der Waals surface area contributed by atoms with Gasteiger partial charge in [-0.15, -0.1) is 0 Å². The van der Waals surface area contributed by atoms with Gasteiger partial charge in [0.05, 0.1) is 10.6 Å². The molecule has 0 bridgehead atoms. The average molecular weight is 374 g/mol. The minimum absolute atomic E-state index is 0.0830. The zero-order valence-electron chi connectivity index (χ0n) is 12.2. The van der Waals surface area contributed by atoms with Crippen molar-refractivity contribution in [1.29, 1.82) is 0 Å². The van der Waals surface area contributed by atoms with Crippen molar-refractivity contribution in [3.63, 3.8) is 0 Å². The summed E-state index contributed by atoms with van der Waals surface area (Å²) in [6, 6.07) is 0.965. The number of alkyl halides is 3. The van der Waals surface area contributed by atoms with Crippen LogP contribution in [-0.4, -0.2) is 25.5 Å². The van der Waals surface area contributed by atoms with Gasteiger partial charge in [0, 0.05) is 0 Å². The molecular formula is C13H15ClF3NO4S. The van der Waals surface area contributed by atoms with E-state index < -0.39 is 43.7 Å². The fourth-order valence-electron chi connectivity index (χ4n) is 1.92. The number of carboxylic acid groups (broad SMARTS) is 1. The summed E-state index contributed by atoms with van der Waals surface area (Å²) in [5.41, 5.74) is -1.45. The topological polar surface area (TPSA) is 83.5 Å². The number of aliphatic carboxylic acids is 1. The van der Waals surface area contributed by atoms with Crippen molar-refractivity contribution < 1.29 is 31.5 Å². The molecule has 1 aromatic rings. The van der Waals surface area contributed by atoms with Gasteiger partial charge >= 0.3 is 12.1 Å². The van der Waals surface area contributed by atoms with Gasteiger partial charge in [-0.05, 0) is 24.5 Å². The van der Waals surface area contributed by atoms with E-state index in [4.69, 9.17) is 16.7 Å². The molecule has 0 saturated heterocycles. The van der Waals surface area contributed by atoms with E-state index in [9.17, 15) is 26.4 Å². The van der Waals surface area contributed by atoms with E-state index >= 15 is 0 Å². The number of sulfonamides is 1. The van der Waals surface area contributed by atoms with Crippen molar-refractivity contribution >= 4 is 27.6 Å². The molecule has 0 aliphatic carbocycles. The molecule has 2 N–H and O–H groups in total. The van der Waals surface area contributed by atoms with E-state index in [1.165, 1.54) is 0 Å². The van der Waals surface area contributed by atoms with Crippen LogP contribution in [0.4, 0.5) is 13.2 Å².